The smallest absolute Gasteiger partial charge is 0.244 e. The number of hydrogen-bond acceptors (Lipinski definition) is 4. The Morgan fingerprint density at radius 2 is 1.51 bits per heavy atom. The van der Waals surface area contributed by atoms with Crippen LogP contribution in [0.25, 0.3) is 0 Å². The zero-order valence-electron chi connectivity index (χ0n) is 24.3. The van der Waals surface area contributed by atoms with E-state index in [1.54, 1.807) is 19.1 Å². The van der Waals surface area contributed by atoms with E-state index in [2.05, 4.69) is 17.4 Å². The van der Waals surface area contributed by atoms with Crippen molar-refractivity contribution in [1.82, 2.24) is 10.2 Å². The van der Waals surface area contributed by atoms with Gasteiger partial charge in [0.25, 0.3) is 0 Å². The van der Waals surface area contributed by atoms with Gasteiger partial charge in [0.1, 0.15) is 18.4 Å². The summed E-state index contributed by atoms with van der Waals surface area (Å²) in [5, 5.41) is 2.78. The summed E-state index contributed by atoms with van der Waals surface area (Å²) in [6, 6.07) is 12.7. The van der Waals surface area contributed by atoms with Gasteiger partial charge in [0.15, 0.2) is 0 Å². The number of likely N-dealkylation sites (N-methyl/N-ethyl adjacent to an activating group) is 1. The summed E-state index contributed by atoms with van der Waals surface area (Å²) in [5.74, 6) is 1.20. The zero-order chi connectivity index (χ0) is 29.4. The number of benzene rings is 2. The van der Waals surface area contributed by atoms with Crippen molar-refractivity contribution < 1.29 is 22.4 Å². The van der Waals surface area contributed by atoms with Crippen LogP contribution in [0.4, 0.5) is 10.1 Å². The van der Waals surface area contributed by atoms with E-state index in [1.807, 2.05) is 19.1 Å². The largest absolute Gasteiger partial charge is 0.355 e. The maximum atomic E-state index is 13.8. The molecule has 2 aromatic carbocycles. The Bertz CT molecular complexity index is 1330. The number of carbonyl (C=O) groups excluding carboxylic acids is 2. The number of sulfonamides is 1. The molecule has 0 heterocycles. The summed E-state index contributed by atoms with van der Waals surface area (Å²) in [7, 11) is -3.81. The average Bonchev–Trinajstić information content (AvgIpc) is 2.91. The Morgan fingerprint density at radius 3 is 2.00 bits per heavy atom. The molecule has 0 spiro atoms. The van der Waals surface area contributed by atoms with Gasteiger partial charge in [-0.25, -0.2) is 12.8 Å². The molecule has 0 saturated heterocycles. The van der Waals surface area contributed by atoms with Crippen LogP contribution in [0.5, 0.6) is 0 Å². The fraction of sp³-hybridized carbons (Fsp3) is 0.562. The molecule has 6 rings (SSSR count). The molecular formula is C32H42FN3O4S. The van der Waals surface area contributed by atoms with Gasteiger partial charge in [0.2, 0.25) is 21.8 Å². The van der Waals surface area contributed by atoms with Gasteiger partial charge in [-0.15, -0.1) is 0 Å². The lowest BCUT2D eigenvalue weighted by molar-refractivity contribution is -0.140. The first-order valence-electron chi connectivity index (χ1n) is 14.9. The monoisotopic (exact) mass is 583 g/mol. The summed E-state index contributed by atoms with van der Waals surface area (Å²) in [6.07, 6.45) is 9.13. The van der Waals surface area contributed by atoms with Crippen LogP contribution >= 0.6 is 0 Å². The van der Waals surface area contributed by atoms with Crippen molar-refractivity contribution in [1.29, 1.82) is 0 Å². The highest BCUT2D eigenvalue weighted by atomic mass is 32.2. The summed E-state index contributed by atoms with van der Waals surface area (Å²) in [4.78, 5) is 28.1. The van der Waals surface area contributed by atoms with Crippen molar-refractivity contribution >= 4 is 27.5 Å². The molecule has 1 atom stereocenters. The van der Waals surface area contributed by atoms with Gasteiger partial charge in [-0.05, 0) is 110 Å². The van der Waals surface area contributed by atoms with Gasteiger partial charge in [-0.3, -0.25) is 13.9 Å². The highest BCUT2D eigenvalue weighted by Crippen LogP contribution is 2.60. The number of amides is 2. The van der Waals surface area contributed by atoms with Crippen molar-refractivity contribution in [3.8, 4) is 0 Å². The summed E-state index contributed by atoms with van der Waals surface area (Å²) < 4.78 is 40.7. The topological polar surface area (TPSA) is 86.8 Å². The molecule has 2 amide bonds. The predicted octanol–water partition coefficient (Wildman–Crippen LogP) is 5.00. The lowest BCUT2D eigenvalue weighted by Gasteiger charge is -2.57. The number of hydrogen-bond donors (Lipinski definition) is 1. The molecule has 4 fully saturated rings. The van der Waals surface area contributed by atoms with Crippen molar-refractivity contribution in [2.45, 2.75) is 76.8 Å². The molecule has 0 aliphatic heterocycles. The van der Waals surface area contributed by atoms with Gasteiger partial charge in [0.05, 0.1) is 11.9 Å². The molecule has 4 aliphatic rings. The standard InChI is InChI=1S/C32H42FN3O4S/c1-4-29(31(38)34-5-2)35(20-22-6-10-27(33)11-7-22)30(37)21-36(41(3,39)40)28-12-8-26(9-13-28)32-17-23-14-24(18-32)16-25(15-23)19-32/h6-13,23-25,29H,4-5,14-21H2,1-3H3,(H,34,38)/t23?,24?,25?,29-,32?/m0/s1. The lowest BCUT2D eigenvalue weighted by Crippen LogP contribution is -2.52. The minimum absolute atomic E-state index is 0.0529. The Balaban J connectivity index is 1.40. The molecule has 4 bridgehead atoms. The minimum Gasteiger partial charge on any atom is -0.355 e. The molecule has 222 valence electrons. The molecule has 2 aromatic rings. The number of carbonyl (C=O) groups is 2. The van der Waals surface area contributed by atoms with Gasteiger partial charge in [-0.2, -0.15) is 0 Å². The van der Waals surface area contributed by atoms with E-state index in [1.165, 1.54) is 61.1 Å². The molecule has 9 heteroatoms. The summed E-state index contributed by atoms with van der Waals surface area (Å²) in [5.41, 5.74) is 2.54. The van der Waals surface area contributed by atoms with E-state index in [0.29, 0.717) is 24.2 Å². The van der Waals surface area contributed by atoms with Crippen molar-refractivity contribution in [3.63, 3.8) is 0 Å². The molecule has 4 saturated carbocycles. The third kappa shape index (κ3) is 6.30. The molecule has 1 N–H and O–H groups in total. The fourth-order valence-corrected chi connectivity index (χ4v) is 8.91. The SMILES string of the molecule is CCNC(=O)[C@H](CC)N(Cc1ccc(F)cc1)C(=O)CN(c1ccc(C23CC4CC(CC(C4)C2)C3)cc1)S(C)(=O)=O. The molecule has 0 unspecified atom stereocenters. The molecule has 7 nitrogen and oxygen atoms in total. The average molecular weight is 584 g/mol. The second-order valence-corrected chi connectivity index (χ2v) is 14.4. The van der Waals surface area contributed by atoms with Crippen LogP contribution < -0.4 is 9.62 Å². The second kappa shape index (κ2) is 11.7. The molecule has 41 heavy (non-hydrogen) atoms. The van der Waals surface area contributed by atoms with E-state index in [9.17, 15) is 22.4 Å². The van der Waals surface area contributed by atoms with Crippen LogP contribution in [0, 0.1) is 23.6 Å². The Morgan fingerprint density at radius 1 is 0.951 bits per heavy atom. The number of rotatable bonds is 11. The number of halogens is 1. The minimum atomic E-state index is -3.81. The maximum absolute atomic E-state index is 13.8. The highest BCUT2D eigenvalue weighted by Gasteiger charge is 2.51. The summed E-state index contributed by atoms with van der Waals surface area (Å²) >= 11 is 0. The van der Waals surface area contributed by atoms with E-state index in [0.717, 1.165) is 28.3 Å². The van der Waals surface area contributed by atoms with Crippen molar-refractivity contribution in [3.05, 3.63) is 65.5 Å². The predicted molar refractivity (Wildman–Crippen MR) is 158 cm³/mol. The summed E-state index contributed by atoms with van der Waals surface area (Å²) in [6.45, 7) is 3.63. The van der Waals surface area contributed by atoms with Crippen LogP contribution in [0.1, 0.15) is 69.9 Å². The van der Waals surface area contributed by atoms with Gasteiger partial charge >= 0.3 is 0 Å². The maximum Gasteiger partial charge on any atom is 0.244 e. The number of nitrogens with one attached hydrogen (secondary N) is 1. The second-order valence-electron chi connectivity index (χ2n) is 12.5. The van der Waals surface area contributed by atoms with Crippen LogP contribution in [0.15, 0.2) is 48.5 Å². The highest BCUT2D eigenvalue weighted by molar-refractivity contribution is 7.92. The lowest BCUT2D eigenvalue weighted by atomic mass is 9.48. The molecule has 0 aromatic heterocycles. The molecule has 0 radical (unpaired) electrons. The van der Waals surface area contributed by atoms with Gasteiger partial charge in [0, 0.05) is 13.1 Å². The van der Waals surface area contributed by atoms with E-state index in [4.69, 9.17) is 0 Å². The van der Waals surface area contributed by atoms with E-state index in [-0.39, 0.29) is 17.9 Å². The zero-order valence-corrected chi connectivity index (χ0v) is 25.1. The normalized spacial score (nSPS) is 25.5. The molecular weight excluding hydrogens is 541 g/mol. The quantitative estimate of drug-likeness (QED) is 0.403. The van der Waals surface area contributed by atoms with E-state index < -0.39 is 34.3 Å². The number of anilines is 1. The Hall–Kier alpha value is -2.94. The van der Waals surface area contributed by atoms with Crippen molar-refractivity contribution in [2.24, 2.45) is 17.8 Å². The first-order valence-corrected chi connectivity index (χ1v) is 16.8. The first-order chi connectivity index (χ1) is 19.5. The van der Waals surface area contributed by atoms with Crippen LogP contribution in [-0.2, 0) is 31.6 Å². The Kier molecular flexibility index (Phi) is 8.46. The third-order valence-corrected chi connectivity index (χ3v) is 10.6. The molecule has 4 aliphatic carbocycles. The van der Waals surface area contributed by atoms with Gasteiger partial charge in [-0.1, -0.05) is 31.2 Å². The van der Waals surface area contributed by atoms with Crippen molar-refractivity contribution in [2.75, 3.05) is 23.7 Å². The first kappa shape index (κ1) is 29.5. The fourth-order valence-electron chi connectivity index (χ4n) is 8.06. The Labute approximate surface area is 243 Å². The van der Waals surface area contributed by atoms with Crippen LogP contribution in [0.2, 0.25) is 0 Å². The van der Waals surface area contributed by atoms with Crippen LogP contribution in [-0.4, -0.2) is 50.5 Å². The van der Waals surface area contributed by atoms with Gasteiger partial charge < -0.3 is 10.2 Å². The third-order valence-electron chi connectivity index (χ3n) is 9.49. The van der Waals surface area contributed by atoms with Crippen LogP contribution in [0.3, 0.4) is 0 Å². The van der Waals surface area contributed by atoms with E-state index >= 15 is 0 Å². The number of nitrogens with zero attached hydrogens (tertiary/aromatic N) is 2.